The summed E-state index contributed by atoms with van der Waals surface area (Å²) in [7, 11) is 0. The largest absolute Gasteiger partial charge is 0.486 e. The van der Waals surface area contributed by atoms with Crippen LogP contribution in [0, 0.1) is 6.92 Å². The van der Waals surface area contributed by atoms with E-state index in [1.165, 1.54) is 10.7 Å². The van der Waals surface area contributed by atoms with Gasteiger partial charge in [0.1, 0.15) is 18.8 Å². The Morgan fingerprint density at radius 2 is 2.00 bits per heavy atom. The first kappa shape index (κ1) is 19.2. The van der Waals surface area contributed by atoms with Crippen molar-refractivity contribution in [2.45, 2.75) is 6.92 Å². The summed E-state index contributed by atoms with van der Waals surface area (Å²) in [5.41, 5.74) is 1.30. The summed E-state index contributed by atoms with van der Waals surface area (Å²) in [6.45, 7) is 1.86. The number of nitrogens with zero attached hydrogens (tertiary/aromatic N) is 3. The van der Waals surface area contributed by atoms with Crippen LogP contribution in [-0.2, 0) is 9.53 Å². The molecule has 0 unspecified atom stereocenters. The van der Waals surface area contributed by atoms with Gasteiger partial charge in [0, 0.05) is 24.1 Å². The van der Waals surface area contributed by atoms with Crippen LogP contribution in [0.15, 0.2) is 36.7 Å². The quantitative estimate of drug-likeness (QED) is 0.614. The lowest BCUT2D eigenvalue weighted by molar-refractivity contribution is -0.123. The van der Waals surface area contributed by atoms with Gasteiger partial charge in [-0.15, -0.1) is 0 Å². The highest BCUT2D eigenvalue weighted by Crippen LogP contribution is 2.32. The smallest absolute Gasteiger partial charge is 0.344 e. The summed E-state index contributed by atoms with van der Waals surface area (Å²) >= 11 is 0. The maximum Gasteiger partial charge on any atom is 0.344 e. The van der Waals surface area contributed by atoms with Gasteiger partial charge in [-0.25, -0.2) is 19.1 Å². The van der Waals surface area contributed by atoms with Crippen molar-refractivity contribution < 1.29 is 28.6 Å². The van der Waals surface area contributed by atoms with Crippen LogP contribution in [0.2, 0.25) is 0 Å². The first-order valence-electron chi connectivity index (χ1n) is 8.99. The van der Waals surface area contributed by atoms with Gasteiger partial charge in [0.05, 0.1) is 5.69 Å². The molecule has 1 aliphatic heterocycles. The number of anilines is 1. The molecule has 0 aliphatic carbocycles. The van der Waals surface area contributed by atoms with Crippen LogP contribution in [-0.4, -0.2) is 52.3 Å². The van der Waals surface area contributed by atoms with Gasteiger partial charge in [-0.3, -0.25) is 10.1 Å². The molecule has 1 aliphatic rings. The third-order valence-corrected chi connectivity index (χ3v) is 4.16. The zero-order valence-corrected chi connectivity index (χ0v) is 15.9. The first-order chi connectivity index (χ1) is 14.5. The summed E-state index contributed by atoms with van der Waals surface area (Å²) in [5, 5.41) is 8.74. The predicted octanol–water partition coefficient (Wildman–Crippen LogP) is 1.31. The zero-order valence-electron chi connectivity index (χ0n) is 15.9. The van der Waals surface area contributed by atoms with Crippen LogP contribution >= 0.6 is 0 Å². The lowest BCUT2D eigenvalue weighted by atomic mass is 10.2. The molecule has 3 amide bonds. The number of imide groups is 1. The zero-order chi connectivity index (χ0) is 21.1. The van der Waals surface area contributed by atoms with Crippen LogP contribution < -0.4 is 20.1 Å². The second kappa shape index (κ2) is 8.07. The van der Waals surface area contributed by atoms with Gasteiger partial charge in [-0.05, 0) is 25.1 Å². The number of carbonyl (C=O) groups is 3. The van der Waals surface area contributed by atoms with Gasteiger partial charge in [0.15, 0.2) is 23.8 Å². The van der Waals surface area contributed by atoms with E-state index in [1.807, 2.05) is 0 Å². The molecule has 11 nitrogen and oxygen atoms in total. The average Bonchev–Trinajstić information content (AvgIpc) is 3.07. The van der Waals surface area contributed by atoms with E-state index in [0.29, 0.717) is 41.7 Å². The Morgan fingerprint density at radius 3 is 2.83 bits per heavy atom. The van der Waals surface area contributed by atoms with E-state index in [0.717, 1.165) is 0 Å². The fourth-order valence-corrected chi connectivity index (χ4v) is 2.89. The molecule has 11 heteroatoms. The van der Waals surface area contributed by atoms with E-state index < -0.39 is 24.5 Å². The Balaban J connectivity index is 1.31. The fourth-order valence-electron chi connectivity index (χ4n) is 2.89. The number of aryl methyl sites for hydroxylation is 1. The molecule has 30 heavy (non-hydrogen) atoms. The number of benzene rings is 1. The van der Waals surface area contributed by atoms with Crippen molar-refractivity contribution in [3.8, 4) is 11.5 Å². The maximum atomic E-state index is 12.3. The normalized spacial score (nSPS) is 12.3. The number of hydrogen-bond donors (Lipinski definition) is 2. The summed E-state index contributed by atoms with van der Waals surface area (Å²) in [6.07, 6.45) is 3.16. The maximum absolute atomic E-state index is 12.3. The lowest BCUT2D eigenvalue weighted by Gasteiger charge is -2.19. The van der Waals surface area contributed by atoms with Crippen molar-refractivity contribution in [2.24, 2.45) is 0 Å². The van der Waals surface area contributed by atoms with Crippen molar-refractivity contribution in [3.05, 3.63) is 47.9 Å². The Labute approximate surface area is 169 Å². The van der Waals surface area contributed by atoms with Gasteiger partial charge >= 0.3 is 12.0 Å². The number of aromatic nitrogens is 3. The van der Waals surface area contributed by atoms with Gasteiger partial charge in [0.2, 0.25) is 0 Å². The summed E-state index contributed by atoms with van der Waals surface area (Å²) in [4.78, 5) is 40.4. The molecular weight excluding hydrogens is 394 g/mol. The van der Waals surface area contributed by atoms with Crippen LogP contribution in [0.3, 0.4) is 0 Å². The van der Waals surface area contributed by atoms with E-state index >= 15 is 0 Å². The number of nitrogens with one attached hydrogen (secondary N) is 2. The second-order valence-corrected chi connectivity index (χ2v) is 6.29. The third-order valence-electron chi connectivity index (χ3n) is 4.16. The Bertz CT molecular complexity index is 1140. The van der Waals surface area contributed by atoms with Crippen LogP contribution in [0.25, 0.3) is 5.65 Å². The number of rotatable bonds is 4. The molecule has 154 valence electrons. The lowest BCUT2D eigenvalue weighted by Crippen LogP contribution is -2.37. The number of hydrogen-bond acceptors (Lipinski definition) is 8. The Hall–Kier alpha value is -4.15. The Kier molecular flexibility index (Phi) is 5.16. The minimum Gasteiger partial charge on any atom is -0.486 e. The molecule has 3 heterocycles. The number of fused-ring (bicyclic) bond motifs is 2. The van der Waals surface area contributed by atoms with Crippen LogP contribution in [0.4, 0.5) is 10.5 Å². The molecule has 2 aromatic heterocycles. The predicted molar refractivity (Wildman–Crippen MR) is 103 cm³/mol. The summed E-state index contributed by atoms with van der Waals surface area (Å²) < 4.78 is 17.3. The molecule has 1 aromatic carbocycles. The highest BCUT2D eigenvalue weighted by atomic mass is 16.6. The highest BCUT2D eigenvalue weighted by Gasteiger charge is 2.21. The monoisotopic (exact) mass is 411 g/mol. The van der Waals surface area contributed by atoms with Crippen molar-refractivity contribution in [3.63, 3.8) is 0 Å². The van der Waals surface area contributed by atoms with Crippen molar-refractivity contribution in [1.29, 1.82) is 0 Å². The molecule has 0 saturated heterocycles. The fraction of sp³-hybridized carbons (Fsp3) is 0.211. The van der Waals surface area contributed by atoms with E-state index in [4.69, 9.17) is 14.2 Å². The second-order valence-electron chi connectivity index (χ2n) is 6.29. The van der Waals surface area contributed by atoms with Crippen molar-refractivity contribution in [1.82, 2.24) is 19.9 Å². The number of carbonyl (C=O) groups excluding carboxylic acids is 3. The highest BCUT2D eigenvalue weighted by molar-refractivity contribution is 6.03. The molecule has 0 spiro atoms. The topological polar surface area (TPSA) is 133 Å². The molecule has 0 atom stereocenters. The molecule has 4 rings (SSSR count). The van der Waals surface area contributed by atoms with Crippen LogP contribution in [0.5, 0.6) is 11.5 Å². The van der Waals surface area contributed by atoms with Gasteiger partial charge in [0.25, 0.3) is 5.91 Å². The number of esters is 1. The van der Waals surface area contributed by atoms with Gasteiger partial charge < -0.3 is 19.5 Å². The first-order valence-corrected chi connectivity index (χ1v) is 8.99. The molecule has 2 N–H and O–H groups in total. The van der Waals surface area contributed by atoms with Crippen LogP contribution in [0.1, 0.15) is 16.1 Å². The number of amides is 3. The molecule has 0 radical (unpaired) electrons. The molecule has 0 bridgehead atoms. The van der Waals surface area contributed by atoms with E-state index in [9.17, 15) is 14.4 Å². The number of urea groups is 1. The molecule has 3 aromatic rings. The summed E-state index contributed by atoms with van der Waals surface area (Å²) in [5.74, 6) is -0.478. The average molecular weight is 411 g/mol. The van der Waals surface area contributed by atoms with Crippen molar-refractivity contribution >= 4 is 29.2 Å². The third kappa shape index (κ3) is 3.99. The standard InChI is InChI=1S/C19H17N5O6/c1-11-16(17-20-5-2-6-24(17)23-11)18(26)30-10-15(25)22-19(27)21-12-3-4-13-14(9-12)29-8-7-28-13/h2-6,9H,7-8,10H2,1H3,(H2,21,22,25,27). The minimum atomic E-state index is -0.791. The number of ether oxygens (including phenoxy) is 3. The Morgan fingerprint density at radius 1 is 1.20 bits per heavy atom. The van der Waals surface area contributed by atoms with Gasteiger partial charge in [-0.2, -0.15) is 5.10 Å². The minimum absolute atomic E-state index is 0.157. The van der Waals surface area contributed by atoms with Gasteiger partial charge in [-0.1, -0.05) is 0 Å². The summed E-state index contributed by atoms with van der Waals surface area (Å²) in [6, 6.07) is 5.74. The molecular formula is C19H17N5O6. The van der Waals surface area contributed by atoms with E-state index in [-0.39, 0.29) is 5.56 Å². The van der Waals surface area contributed by atoms with Crippen molar-refractivity contribution in [2.75, 3.05) is 25.1 Å². The SMILES string of the molecule is Cc1nn2cccnc2c1C(=O)OCC(=O)NC(=O)Nc1ccc2c(c1)OCCO2. The molecule has 0 saturated carbocycles. The molecule has 0 fully saturated rings. The van der Waals surface area contributed by atoms with E-state index in [2.05, 4.69) is 20.7 Å². The van der Waals surface area contributed by atoms with E-state index in [1.54, 1.807) is 37.4 Å².